The Labute approximate surface area is 137 Å². The zero-order valence-electron chi connectivity index (χ0n) is 12.7. The van der Waals surface area contributed by atoms with Crippen molar-refractivity contribution in [3.8, 4) is 11.8 Å². The Hall–Kier alpha value is -3.24. The summed E-state index contributed by atoms with van der Waals surface area (Å²) in [6, 6.07) is 28.0. The van der Waals surface area contributed by atoms with E-state index in [4.69, 9.17) is 5.73 Å². The van der Waals surface area contributed by atoms with Crippen LogP contribution >= 0.6 is 0 Å². The van der Waals surface area contributed by atoms with Gasteiger partial charge in [-0.1, -0.05) is 78.6 Å². The number of nitrogens with two attached hydrogens (primary N) is 1. The minimum atomic E-state index is 0.752. The maximum absolute atomic E-state index is 6.06. The van der Waals surface area contributed by atoms with Gasteiger partial charge in [0.2, 0.25) is 0 Å². The van der Waals surface area contributed by atoms with E-state index in [1.54, 1.807) is 0 Å². The van der Waals surface area contributed by atoms with E-state index in [1.165, 1.54) is 0 Å². The van der Waals surface area contributed by atoms with Gasteiger partial charge in [0.1, 0.15) is 0 Å². The molecular weight excluding hydrogens is 278 g/mol. The quantitative estimate of drug-likeness (QED) is 0.408. The van der Waals surface area contributed by atoms with E-state index in [0.717, 1.165) is 28.0 Å². The van der Waals surface area contributed by atoms with Gasteiger partial charge in [0, 0.05) is 16.8 Å². The van der Waals surface area contributed by atoms with Crippen molar-refractivity contribution in [1.82, 2.24) is 0 Å². The van der Waals surface area contributed by atoms with Crippen molar-refractivity contribution in [2.45, 2.75) is 0 Å². The van der Waals surface area contributed by atoms with Crippen LogP contribution in [0.2, 0.25) is 0 Å². The monoisotopic (exact) mass is 295 g/mol. The van der Waals surface area contributed by atoms with Crippen LogP contribution in [0.4, 0.5) is 5.69 Å². The minimum absolute atomic E-state index is 0.752. The second kappa shape index (κ2) is 7.15. The summed E-state index contributed by atoms with van der Waals surface area (Å²) in [7, 11) is 0. The fourth-order valence-corrected chi connectivity index (χ4v) is 2.27. The summed E-state index contributed by atoms with van der Waals surface area (Å²) in [6.07, 6.45) is 2.04. The molecule has 0 bridgehead atoms. The zero-order valence-corrected chi connectivity index (χ0v) is 12.7. The van der Waals surface area contributed by atoms with Gasteiger partial charge in [-0.25, -0.2) is 0 Å². The van der Waals surface area contributed by atoms with Crippen LogP contribution in [-0.4, -0.2) is 0 Å². The van der Waals surface area contributed by atoms with Crippen molar-refractivity contribution in [1.29, 1.82) is 0 Å². The lowest BCUT2D eigenvalue weighted by molar-refractivity contribution is 1.61. The molecule has 2 N–H and O–H groups in total. The Kier molecular flexibility index (Phi) is 4.57. The van der Waals surface area contributed by atoms with E-state index in [1.807, 2.05) is 78.9 Å². The Morgan fingerprint density at radius 2 is 1.35 bits per heavy atom. The topological polar surface area (TPSA) is 26.0 Å². The van der Waals surface area contributed by atoms with E-state index in [2.05, 4.69) is 24.0 Å². The van der Waals surface area contributed by atoms with Crippen LogP contribution < -0.4 is 5.73 Å². The number of nitrogen functional groups attached to an aromatic ring is 1. The molecule has 3 aromatic rings. The summed E-state index contributed by atoms with van der Waals surface area (Å²) < 4.78 is 0. The summed E-state index contributed by atoms with van der Waals surface area (Å²) in [6.45, 7) is 0. The first-order chi connectivity index (χ1) is 11.3. The number of anilines is 1. The van der Waals surface area contributed by atoms with Crippen molar-refractivity contribution in [2.75, 3.05) is 5.73 Å². The van der Waals surface area contributed by atoms with Crippen molar-refractivity contribution in [2.24, 2.45) is 0 Å². The average Bonchev–Trinajstić information content (AvgIpc) is 2.62. The summed E-state index contributed by atoms with van der Waals surface area (Å²) in [4.78, 5) is 0. The first-order valence-corrected chi connectivity index (χ1v) is 7.51. The number of para-hydroxylation sites is 1. The van der Waals surface area contributed by atoms with Crippen LogP contribution in [0.15, 0.2) is 84.9 Å². The fourth-order valence-electron chi connectivity index (χ4n) is 2.27. The molecule has 0 saturated heterocycles. The predicted octanol–water partition coefficient (Wildman–Crippen LogP) is 4.86. The van der Waals surface area contributed by atoms with Crippen molar-refractivity contribution in [3.05, 3.63) is 102 Å². The zero-order chi connectivity index (χ0) is 15.9. The molecule has 0 aromatic heterocycles. The average molecular weight is 295 g/mol. The molecule has 0 heterocycles. The third kappa shape index (κ3) is 3.90. The molecule has 23 heavy (non-hydrogen) atoms. The van der Waals surface area contributed by atoms with Gasteiger partial charge in [0.25, 0.3) is 0 Å². The largest absolute Gasteiger partial charge is 0.398 e. The molecule has 0 spiro atoms. The number of rotatable bonds is 2. The van der Waals surface area contributed by atoms with Gasteiger partial charge in [-0.3, -0.25) is 0 Å². The third-order valence-electron chi connectivity index (χ3n) is 3.50. The first kappa shape index (κ1) is 14.7. The highest BCUT2D eigenvalue weighted by molar-refractivity contribution is 5.93. The maximum Gasteiger partial charge on any atom is 0.0388 e. The standard InChI is InChI=1S/C22H17N/c23-22-14-8-7-13-21(22)17-20(19-11-5-2-6-12-19)16-15-18-9-3-1-4-10-18/h1-14,17H,23H2/b20-17-. The second-order valence-corrected chi connectivity index (χ2v) is 5.17. The van der Waals surface area contributed by atoms with Crippen molar-refractivity contribution in [3.63, 3.8) is 0 Å². The van der Waals surface area contributed by atoms with Crippen LogP contribution in [-0.2, 0) is 0 Å². The molecule has 0 saturated carbocycles. The normalized spacial score (nSPS) is 10.7. The van der Waals surface area contributed by atoms with Crippen LogP contribution in [0.5, 0.6) is 0 Å². The Balaban J connectivity index is 2.05. The molecule has 0 aliphatic heterocycles. The van der Waals surface area contributed by atoms with E-state index < -0.39 is 0 Å². The summed E-state index contributed by atoms with van der Waals surface area (Å²) in [5.74, 6) is 6.51. The number of hydrogen-bond acceptors (Lipinski definition) is 1. The molecule has 1 heteroatoms. The van der Waals surface area contributed by atoms with Crippen LogP contribution in [0, 0.1) is 11.8 Å². The van der Waals surface area contributed by atoms with E-state index in [-0.39, 0.29) is 0 Å². The van der Waals surface area contributed by atoms with Crippen LogP contribution in [0.3, 0.4) is 0 Å². The molecular formula is C22H17N. The lowest BCUT2D eigenvalue weighted by Crippen LogP contribution is -1.89. The fraction of sp³-hybridized carbons (Fsp3) is 0. The molecule has 0 aliphatic carbocycles. The molecule has 0 amide bonds. The highest BCUT2D eigenvalue weighted by Crippen LogP contribution is 2.21. The number of benzene rings is 3. The first-order valence-electron chi connectivity index (χ1n) is 7.51. The Morgan fingerprint density at radius 1 is 0.739 bits per heavy atom. The van der Waals surface area contributed by atoms with Gasteiger partial charge in [-0.05, 0) is 35.4 Å². The van der Waals surface area contributed by atoms with Gasteiger partial charge in [0.05, 0.1) is 0 Å². The van der Waals surface area contributed by atoms with E-state index >= 15 is 0 Å². The summed E-state index contributed by atoms with van der Waals surface area (Å²) >= 11 is 0. The summed E-state index contributed by atoms with van der Waals surface area (Å²) in [5, 5.41) is 0. The van der Waals surface area contributed by atoms with E-state index in [0.29, 0.717) is 0 Å². The van der Waals surface area contributed by atoms with Gasteiger partial charge >= 0.3 is 0 Å². The molecule has 3 rings (SSSR count). The van der Waals surface area contributed by atoms with Crippen LogP contribution in [0.1, 0.15) is 16.7 Å². The molecule has 0 atom stereocenters. The SMILES string of the molecule is Nc1ccccc1/C=C(/C#Cc1ccccc1)c1ccccc1. The molecule has 1 nitrogen and oxygen atoms in total. The minimum Gasteiger partial charge on any atom is -0.398 e. The highest BCUT2D eigenvalue weighted by Gasteiger charge is 2.00. The highest BCUT2D eigenvalue weighted by atomic mass is 14.5. The second-order valence-electron chi connectivity index (χ2n) is 5.17. The van der Waals surface area contributed by atoms with Crippen LogP contribution in [0.25, 0.3) is 11.6 Å². The smallest absolute Gasteiger partial charge is 0.0388 e. The van der Waals surface area contributed by atoms with Gasteiger partial charge in [-0.15, -0.1) is 0 Å². The molecule has 3 aromatic carbocycles. The Morgan fingerprint density at radius 3 is 2.04 bits per heavy atom. The van der Waals surface area contributed by atoms with Gasteiger partial charge < -0.3 is 5.73 Å². The summed E-state index contributed by atoms with van der Waals surface area (Å²) in [5.41, 5.74) is 10.8. The molecule has 0 fully saturated rings. The molecule has 110 valence electrons. The lowest BCUT2D eigenvalue weighted by Gasteiger charge is -2.03. The van der Waals surface area contributed by atoms with Crippen molar-refractivity contribution >= 4 is 17.3 Å². The molecule has 0 unspecified atom stereocenters. The molecule has 0 aliphatic rings. The third-order valence-corrected chi connectivity index (χ3v) is 3.50. The number of allylic oxidation sites excluding steroid dienone is 1. The van der Waals surface area contributed by atoms with Gasteiger partial charge in [-0.2, -0.15) is 0 Å². The molecule has 0 radical (unpaired) electrons. The van der Waals surface area contributed by atoms with Gasteiger partial charge in [0.15, 0.2) is 0 Å². The Bertz CT molecular complexity index is 866. The number of hydrogen-bond donors (Lipinski definition) is 1. The predicted molar refractivity (Wildman–Crippen MR) is 98.5 cm³/mol. The maximum atomic E-state index is 6.06. The van der Waals surface area contributed by atoms with E-state index in [9.17, 15) is 0 Å². The lowest BCUT2D eigenvalue weighted by atomic mass is 10.0. The van der Waals surface area contributed by atoms with Crippen molar-refractivity contribution < 1.29 is 0 Å².